The quantitative estimate of drug-likeness (QED) is 0.350. The van der Waals surface area contributed by atoms with E-state index in [-0.39, 0.29) is 12.4 Å². The van der Waals surface area contributed by atoms with Gasteiger partial charge in [-0.2, -0.15) is 0 Å². The maximum atomic E-state index is 14.0. The molecule has 7 nitrogen and oxygen atoms in total. The summed E-state index contributed by atoms with van der Waals surface area (Å²) in [6.45, 7) is 0.988. The first kappa shape index (κ1) is 26.0. The smallest absolute Gasteiger partial charge is 0.310 e. The Balaban J connectivity index is 1.53. The molecular formula is C25H25F5N4O3S. The number of methoxy groups -OCH3 is 1. The number of ether oxygens (including phenoxy) is 1. The number of benzene rings is 2. The minimum absolute atomic E-state index is 0.146. The number of imidazole rings is 1. The third-order valence-corrected chi connectivity index (χ3v) is 7.75. The standard InChI is InChI=1S/C25H25F5N4O3S/c1-17-14-33(16-31-17)21-10-9-18(13-22(21)36-2)12-19-6-5-11-34-24(19)32-37-25(34,15-35)20-7-3-4-8-23(20)38(26,27,28,29)30/h3-4,7-10,12-14,16,35H,5-6,11,15H2,1-2H3/b19-12+. The number of nitrogens with zero attached hydrogens (tertiary/aromatic N) is 4. The normalized spacial score (nSPS) is 22.4. The van der Waals surface area contributed by atoms with Crippen molar-refractivity contribution in [2.45, 2.75) is 30.4 Å². The van der Waals surface area contributed by atoms with Gasteiger partial charge in [-0.25, -0.2) is 4.98 Å². The number of aromatic nitrogens is 2. The van der Waals surface area contributed by atoms with Gasteiger partial charge >= 0.3 is 10.2 Å². The van der Waals surface area contributed by atoms with E-state index in [1.54, 1.807) is 18.5 Å². The first-order valence-electron chi connectivity index (χ1n) is 11.6. The lowest BCUT2D eigenvalue weighted by Gasteiger charge is -2.45. The number of oxime groups is 1. The second-order valence-corrected chi connectivity index (χ2v) is 11.6. The van der Waals surface area contributed by atoms with Gasteiger partial charge in [0, 0.05) is 18.3 Å². The third-order valence-electron chi connectivity index (χ3n) is 6.56. The van der Waals surface area contributed by atoms with Gasteiger partial charge in [0.2, 0.25) is 0 Å². The average molecular weight is 557 g/mol. The maximum absolute atomic E-state index is 14.0. The Morgan fingerprint density at radius 2 is 1.92 bits per heavy atom. The van der Waals surface area contributed by atoms with Crippen LogP contribution in [0.5, 0.6) is 5.75 Å². The van der Waals surface area contributed by atoms with E-state index in [9.17, 15) is 24.5 Å². The third kappa shape index (κ3) is 4.49. The van der Waals surface area contributed by atoms with Crippen molar-refractivity contribution in [2.75, 3.05) is 20.3 Å². The monoisotopic (exact) mass is 556 g/mol. The summed E-state index contributed by atoms with van der Waals surface area (Å²) in [4.78, 5) is 8.85. The molecule has 13 heteroatoms. The molecule has 1 saturated heterocycles. The Labute approximate surface area is 215 Å². The number of fused-ring (bicyclic) bond motifs is 1. The number of aryl methyl sites for hydroxylation is 1. The maximum Gasteiger partial charge on any atom is 0.310 e. The molecule has 2 aliphatic heterocycles. The van der Waals surface area contributed by atoms with E-state index in [1.165, 1.54) is 18.1 Å². The number of aliphatic hydroxyl groups excluding tert-OH is 1. The predicted octanol–water partition coefficient (Wildman–Crippen LogP) is 6.51. The van der Waals surface area contributed by atoms with E-state index in [0.717, 1.165) is 29.1 Å². The van der Waals surface area contributed by atoms with Crippen molar-refractivity contribution in [3.8, 4) is 11.4 Å². The summed E-state index contributed by atoms with van der Waals surface area (Å²) >= 11 is 0. The first-order chi connectivity index (χ1) is 17.8. The molecule has 38 heavy (non-hydrogen) atoms. The van der Waals surface area contributed by atoms with Crippen molar-refractivity contribution in [3.63, 3.8) is 0 Å². The Bertz CT molecular complexity index is 1470. The van der Waals surface area contributed by atoms with Crippen molar-refractivity contribution in [2.24, 2.45) is 5.16 Å². The molecule has 1 N–H and O–H groups in total. The summed E-state index contributed by atoms with van der Waals surface area (Å²) in [6.07, 6.45) is 6.27. The van der Waals surface area contributed by atoms with Gasteiger partial charge < -0.3 is 24.1 Å². The van der Waals surface area contributed by atoms with Gasteiger partial charge in [0.05, 0.1) is 24.8 Å². The van der Waals surface area contributed by atoms with Gasteiger partial charge in [0.15, 0.2) is 5.84 Å². The first-order valence-corrected chi connectivity index (χ1v) is 13.6. The Morgan fingerprint density at radius 1 is 1.16 bits per heavy atom. The van der Waals surface area contributed by atoms with Gasteiger partial charge in [-0.05, 0) is 55.2 Å². The molecule has 0 spiro atoms. The molecule has 0 radical (unpaired) electrons. The minimum atomic E-state index is -10.1. The van der Waals surface area contributed by atoms with E-state index in [1.807, 2.05) is 29.8 Å². The summed E-state index contributed by atoms with van der Waals surface area (Å²) in [5.74, 6) is 0.735. The highest BCUT2D eigenvalue weighted by Gasteiger charge is 2.68. The molecule has 5 rings (SSSR count). The molecule has 1 unspecified atom stereocenters. The molecule has 204 valence electrons. The molecule has 0 aliphatic carbocycles. The highest BCUT2D eigenvalue weighted by Crippen LogP contribution is 3.02. The van der Waals surface area contributed by atoms with Crippen LogP contribution < -0.4 is 4.74 Å². The SMILES string of the molecule is COc1cc(/C=C2\CCCN3C2=NOC3(CO)c2ccccc2S(F)(F)(F)(F)F)ccc1-n1cnc(C)c1. The van der Waals surface area contributed by atoms with Gasteiger partial charge in [0.25, 0.3) is 5.72 Å². The molecule has 2 aliphatic rings. The van der Waals surface area contributed by atoms with Gasteiger partial charge in [0.1, 0.15) is 17.3 Å². The molecule has 0 bridgehead atoms. The summed E-state index contributed by atoms with van der Waals surface area (Å²) in [5, 5.41) is 14.3. The van der Waals surface area contributed by atoms with Crippen LogP contribution in [-0.2, 0) is 10.6 Å². The van der Waals surface area contributed by atoms with E-state index in [4.69, 9.17) is 9.57 Å². The largest absolute Gasteiger partial charge is 0.495 e. The fraction of sp³-hybridized carbons (Fsp3) is 0.280. The van der Waals surface area contributed by atoms with Crippen molar-refractivity contribution in [3.05, 3.63) is 77.4 Å². The molecule has 3 aromatic rings. The number of piperidine rings is 1. The fourth-order valence-corrected chi connectivity index (χ4v) is 5.83. The molecule has 2 aromatic carbocycles. The molecule has 1 aromatic heterocycles. The van der Waals surface area contributed by atoms with E-state index in [2.05, 4.69) is 10.1 Å². The van der Waals surface area contributed by atoms with Crippen LogP contribution >= 0.6 is 10.2 Å². The van der Waals surface area contributed by atoms with E-state index in [0.29, 0.717) is 30.2 Å². The van der Waals surface area contributed by atoms with Crippen molar-refractivity contribution >= 4 is 22.1 Å². The summed E-state index contributed by atoms with van der Waals surface area (Å²) in [6, 6.07) is 8.73. The highest BCUT2D eigenvalue weighted by molar-refractivity contribution is 8.45. The lowest BCUT2D eigenvalue weighted by atomic mass is 9.94. The molecule has 1 fully saturated rings. The Hall–Kier alpha value is -3.58. The zero-order valence-electron chi connectivity index (χ0n) is 20.5. The zero-order valence-corrected chi connectivity index (χ0v) is 21.3. The number of aliphatic hydroxyl groups is 1. The van der Waals surface area contributed by atoms with Gasteiger partial charge in [-0.1, -0.05) is 48.8 Å². The van der Waals surface area contributed by atoms with Crippen molar-refractivity contribution < 1.29 is 34.1 Å². The summed E-state index contributed by atoms with van der Waals surface area (Å²) in [7, 11) is -8.59. The Kier molecular flexibility index (Phi) is 5.63. The van der Waals surface area contributed by atoms with Crippen LogP contribution in [0.4, 0.5) is 19.4 Å². The van der Waals surface area contributed by atoms with E-state index >= 15 is 0 Å². The topological polar surface area (TPSA) is 72.1 Å². The summed E-state index contributed by atoms with van der Waals surface area (Å²) < 4.78 is 77.2. The van der Waals surface area contributed by atoms with Crippen LogP contribution in [0, 0.1) is 6.92 Å². The number of hydrogen-bond acceptors (Lipinski definition) is 6. The molecule has 1 atom stereocenters. The van der Waals surface area contributed by atoms with Crippen LogP contribution in [-0.4, -0.2) is 45.7 Å². The molecule has 0 amide bonds. The van der Waals surface area contributed by atoms with Gasteiger partial charge in [-0.15, -0.1) is 0 Å². The van der Waals surface area contributed by atoms with E-state index < -0.39 is 33.0 Å². The number of rotatable bonds is 6. The van der Waals surface area contributed by atoms with Crippen LogP contribution in [0.2, 0.25) is 0 Å². The van der Waals surface area contributed by atoms with Crippen LogP contribution in [0.1, 0.15) is 29.7 Å². The lowest BCUT2D eigenvalue weighted by molar-refractivity contribution is -0.139. The summed E-state index contributed by atoms with van der Waals surface area (Å²) in [5.41, 5.74) is -0.210. The minimum Gasteiger partial charge on any atom is -0.495 e. The number of amidine groups is 1. The Morgan fingerprint density at radius 3 is 2.58 bits per heavy atom. The highest BCUT2D eigenvalue weighted by atomic mass is 32.5. The lowest BCUT2D eigenvalue weighted by Crippen LogP contribution is -2.51. The molecule has 3 heterocycles. The fourth-order valence-electron chi connectivity index (χ4n) is 4.85. The van der Waals surface area contributed by atoms with Crippen molar-refractivity contribution in [1.29, 1.82) is 0 Å². The molecular weight excluding hydrogens is 531 g/mol. The van der Waals surface area contributed by atoms with Crippen LogP contribution in [0.15, 0.2) is 70.6 Å². The average Bonchev–Trinajstić information content (AvgIpc) is 3.47. The number of halogens is 5. The van der Waals surface area contributed by atoms with Crippen LogP contribution in [0.25, 0.3) is 11.8 Å². The van der Waals surface area contributed by atoms with Crippen molar-refractivity contribution in [1.82, 2.24) is 14.5 Å². The van der Waals surface area contributed by atoms with Gasteiger partial charge in [-0.3, -0.25) is 0 Å². The predicted molar refractivity (Wildman–Crippen MR) is 134 cm³/mol. The second kappa shape index (κ2) is 8.21. The van der Waals surface area contributed by atoms with Crippen LogP contribution in [0.3, 0.4) is 0 Å². The zero-order chi connectivity index (χ0) is 27.4. The molecule has 0 saturated carbocycles. The number of hydrogen-bond donors (Lipinski definition) is 1. The second-order valence-electron chi connectivity index (χ2n) is 9.19.